The summed E-state index contributed by atoms with van der Waals surface area (Å²) in [7, 11) is 0. The average Bonchev–Trinajstić information content (AvgIpc) is 3.12. The second kappa shape index (κ2) is 5.72. The van der Waals surface area contributed by atoms with Gasteiger partial charge in [-0.15, -0.1) is 0 Å². The smallest absolute Gasteiger partial charge is 0.0601 e. The molecule has 0 bridgehead atoms. The molecule has 0 aromatic heterocycles. The molecule has 84 valence electrons. The molecule has 0 N–H and O–H groups in total. The summed E-state index contributed by atoms with van der Waals surface area (Å²) in [6, 6.07) is 10.1. The van der Waals surface area contributed by atoms with E-state index in [-0.39, 0.29) is 0 Å². The van der Waals surface area contributed by atoms with Crippen molar-refractivity contribution < 1.29 is 4.74 Å². The zero-order valence-electron chi connectivity index (χ0n) is 9.78. The van der Waals surface area contributed by atoms with Crippen molar-refractivity contribution in [2.45, 2.75) is 19.8 Å². The Hall–Kier alpha value is -1.26. The van der Waals surface area contributed by atoms with Crippen LogP contribution in [-0.4, -0.2) is 13.2 Å². The van der Waals surface area contributed by atoms with E-state index in [0.29, 0.717) is 5.92 Å². The summed E-state index contributed by atoms with van der Waals surface area (Å²) in [5, 5.41) is 0. The largest absolute Gasteiger partial charge is 0.380 e. The van der Waals surface area contributed by atoms with Gasteiger partial charge in [-0.25, -0.2) is 0 Å². The monoisotopic (exact) mass is 214 g/mol. The van der Waals surface area contributed by atoms with Crippen LogP contribution >= 0.6 is 0 Å². The molecule has 2 rings (SSSR count). The minimum atomic E-state index is 0.318. The first kappa shape index (κ1) is 11.2. The van der Waals surface area contributed by atoms with Crippen molar-refractivity contribution in [2.24, 2.45) is 11.8 Å². The van der Waals surface area contributed by atoms with Crippen LogP contribution in [0.5, 0.6) is 0 Å². The molecule has 1 saturated carbocycles. The fraction of sp³-hybridized carbons (Fsp3) is 0.467. The minimum Gasteiger partial charge on any atom is -0.380 e. The molecule has 0 heterocycles. The van der Waals surface area contributed by atoms with Crippen LogP contribution in [0.4, 0.5) is 0 Å². The fourth-order valence-corrected chi connectivity index (χ4v) is 1.47. The predicted octanol–water partition coefficient (Wildman–Crippen LogP) is 3.10. The Labute approximate surface area is 97.8 Å². The van der Waals surface area contributed by atoms with Crippen LogP contribution in [0.3, 0.4) is 0 Å². The first-order valence-corrected chi connectivity index (χ1v) is 5.99. The summed E-state index contributed by atoms with van der Waals surface area (Å²) in [6.07, 6.45) is 2.70. The molecule has 16 heavy (non-hydrogen) atoms. The molecular weight excluding hydrogens is 196 g/mol. The Kier molecular flexibility index (Phi) is 4.02. The summed E-state index contributed by atoms with van der Waals surface area (Å²) < 4.78 is 5.61. The molecule has 1 nitrogen and oxygen atoms in total. The Bertz CT molecular complexity index is 367. The molecule has 1 atom stereocenters. The number of benzene rings is 1. The first-order chi connectivity index (χ1) is 7.84. The summed E-state index contributed by atoms with van der Waals surface area (Å²) >= 11 is 0. The molecule has 1 unspecified atom stereocenters. The summed E-state index contributed by atoms with van der Waals surface area (Å²) in [6.45, 7) is 3.80. The molecule has 0 saturated heterocycles. The van der Waals surface area contributed by atoms with Crippen LogP contribution in [0.1, 0.15) is 25.3 Å². The minimum absolute atomic E-state index is 0.318. The highest BCUT2D eigenvalue weighted by Gasteiger charge is 2.21. The van der Waals surface area contributed by atoms with Crippen molar-refractivity contribution in [2.75, 3.05) is 13.2 Å². The average molecular weight is 214 g/mol. The Morgan fingerprint density at radius 3 is 2.75 bits per heavy atom. The van der Waals surface area contributed by atoms with E-state index >= 15 is 0 Å². The Morgan fingerprint density at radius 2 is 2.06 bits per heavy atom. The second-order valence-electron chi connectivity index (χ2n) is 4.52. The van der Waals surface area contributed by atoms with Crippen molar-refractivity contribution >= 4 is 0 Å². The van der Waals surface area contributed by atoms with Gasteiger partial charge in [0.25, 0.3) is 0 Å². The first-order valence-electron chi connectivity index (χ1n) is 5.99. The van der Waals surface area contributed by atoms with Crippen LogP contribution in [0.15, 0.2) is 30.3 Å². The molecule has 1 aromatic carbocycles. The summed E-state index contributed by atoms with van der Waals surface area (Å²) in [5.41, 5.74) is 1.08. The van der Waals surface area contributed by atoms with E-state index in [9.17, 15) is 0 Å². The van der Waals surface area contributed by atoms with Crippen molar-refractivity contribution in [1.29, 1.82) is 0 Å². The lowest BCUT2D eigenvalue weighted by Crippen LogP contribution is -2.05. The topological polar surface area (TPSA) is 9.23 Å². The van der Waals surface area contributed by atoms with Crippen LogP contribution < -0.4 is 0 Å². The van der Waals surface area contributed by atoms with Crippen LogP contribution in [0.2, 0.25) is 0 Å². The second-order valence-corrected chi connectivity index (χ2v) is 4.52. The molecular formula is C15H18O. The van der Waals surface area contributed by atoms with Gasteiger partial charge in [-0.1, -0.05) is 30.0 Å². The third-order valence-corrected chi connectivity index (χ3v) is 2.66. The SMILES string of the molecule is CC(C#Cc1ccccc1)COCC1CC1. The van der Waals surface area contributed by atoms with Crippen molar-refractivity contribution in [3.05, 3.63) is 35.9 Å². The van der Waals surface area contributed by atoms with Crippen molar-refractivity contribution in [3.63, 3.8) is 0 Å². The molecule has 1 heteroatoms. The highest BCUT2D eigenvalue weighted by Crippen LogP contribution is 2.28. The van der Waals surface area contributed by atoms with Gasteiger partial charge in [0.2, 0.25) is 0 Å². The maximum absolute atomic E-state index is 5.61. The molecule has 1 aliphatic rings. The van der Waals surface area contributed by atoms with Gasteiger partial charge >= 0.3 is 0 Å². The lowest BCUT2D eigenvalue weighted by molar-refractivity contribution is 0.110. The highest BCUT2D eigenvalue weighted by molar-refractivity contribution is 5.33. The van der Waals surface area contributed by atoms with Gasteiger partial charge < -0.3 is 4.74 Å². The van der Waals surface area contributed by atoms with Gasteiger partial charge in [-0.05, 0) is 37.8 Å². The van der Waals surface area contributed by atoms with Crippen molar-refractivity contribution in [1.82, 2.24) is 0 Å². The highest BCUT2D eigenvalue weighted by atomic mass is 16.5. The Balaban J connectivity index is 1.73. The third-order valence-electron chi connectivity index (χ3n) is 2.66. The van der Waals surface area contributed by atoms with E-state index in [4.69, 9.17) is 4.74 Å². The summed E-state index contributed by atoms with van der Waals surface area (Å²) in [5.74, 6) is 7.55. The van der Waals surface area contributed by atoms with Gasteiger partial charge in [0.15, 0.2) is 0 Å². The number of rotatable bonds is 4. The lowest BCUT2D eigenvalue weighted by atomic mass is 10.1. The standard InChI is InChI=1S/C15H18O/c1-13(11-16-12-15-9-10-15)7-8-14-5-3-2-4-6-14/h2-6,13,15H,9-12H2,1H3. The van der Waals surface area contributed by atoms with Crippen LogP contribution in [0, 0.1) is 23.7 Å². The molecule has 0 radical (unpaired) electrons. The van der Waals surface area contributed by atoms with E-state index < -0.39 is 0 Å². The van der Waals surface area contributed by atoms with E-state index in [2.05, 4.69) is 18.8 Å². The van der Waals surface area contributed by atoms with Crippen LogP contribution in [-0.2, 0) is 4.74 Å². The van der Waals surface area contributed by atoms with Gasteiger partial charge in [0, 0.05) is 18.1 Å². The number of ether oxygens (including phenoxy) is 1. The molecule has 0 spiro atoms. The zero-order valence-corrected chi connectivity index (χ0v) is 9.78. The fourth-order valence-electron chi connectivity index (χ4n) is 1.47. The molecule has 0 aliphatic heterocycles. The van der Waals surface area contributed by atoms with E-state index in [1.807, 2.05) is 30.3 Å². The van der Waals surface area contributed by atoms with Crippen molar-refractivity contribution in [3.8, 4) is 11.8 Å². The van der Waals surface area contributed by atoms with Gasteiger partial charge in [-0.3, -0.25) is 0 Å². The summed E-state index contributed by atoms with van der Waals surface area (Å²) in [4.78, 5) is 0. The van der Waals surface area contributed by atoms with Gasteiger partial charge in [0.1, 0.15) is 0 Å². The number of hydrogen-bond donors (Lipinski definition) is 0. The van der Waals surface area contributed by atoms with Gasteiger partial charge in [-0.2, -0.15) is 0 Å². The third kappa shape index (κ3) is 4.08. The van der Waals surface area contributed by atoms with Crippen LogP contribution in [0.25, 0.3) is 0 Å². The van der Waals surface area contributed by atoms with Gasteiger partial charge in [0.05, 0.1) is 6.61 Å². The maximum atomic E-state index is 5.61. The maximum Gasteiger partial charge on any atom is 0.0601 e. The molecule has 0 amide bonds. The van der Waals surface area contributed by atoms with E-state index in [0.717, 1.165) is 24.7 Å². The predicted molar refractivity (Wildman–Crippen MR) is 66.0 cm³/mol. The number of hydrogen-bond acceptors (Lipinski definition) is 1. The zero-order chi connectivity index (χ0) is 11.2. The molecule has 1 aliphatic carbocycles. The molecule has 1 aromatic rings. The normalized spacial score (nSPS) is 16.3. The quantitative estimate of drug-likeness (QED) is 0.700. The molecule has 1 fully saturated rings. The van der Waals surface area contributed by atoms with E-state index in [1.165, 1.54) is 12.8 Å². The lowest BCUT2D eigenvalue weighted by Gasteiger charge is -2.04. The van der Waals surface area contributed by atoms with E-state index in [1.54, 1.807) is 0 Å². The Morgan fingerprint density at radius 1 is 1.31 bits per heavy atom.